The molecule has 2 atom stereocenters. The summed E-state index contributed by atoms with van der Waals surface area (Å²) in [6.07, 6.45) is 1.29. The van der Waals surface area contributed by atoms with E-state index in [0.29, 0.717) is 6.04 Å². The summed E-state index contributed by atoms with van der Waals surface area (Å²) in [6, 6.07) is 6.67. The highest BCUT2D eigenvalue weighted by Crippen LogP contribution is 2.30. The third kappa shape index (κ3) is 2.67. The van der Waals surface area contributed by atoms with E-state index in [-0.39, 0.29) is 0 Å². The number of ether oxygens (including phenoxy) is 2. The van der Waals surface area contributed by atoms with Crippen molar-refractivity contribution in [2.45, 2.75) is 25.9 Å². The Morgan fingerprint density at radius 3 is 2.19 bits per heavy atom. The lowest BCUT2D eigenvalue weighted by molar-refractivity contribution is 0.393. The Balaban J connectivity index is 2.01. The van der Waals surface area contributed by atoms with Gasteiger partial charge in [0, 0.05) is 18.7 Å². The molecule has 0 bridgehead atoms. The Kier molecular flexibility index (Phi) is 3.34. The smallest absolute Gasteiger partial charge is 0.122 e. The zero-order valence-electron chi connectivity index (χ0n) is 10.1. The molecule has 0 amide bonds. The second-order valence-electron chi connectivity index (χ2n) is 4.42. The van der Waals surface area contributed by atoms with E-state index in [4.69, 9.17) is 9.47 Å². The maximum absolute atomic E-state index is 5.23. The highest BCUT2D eigenvalue weighted by Gasteiger charge is 2.31. The lowest BCUT2D eigenvalue weighted by Gasteiger charge is -2.09. The first-order chi connectivity index (χ1) is 7.72. The van der Waals surface area contributed by atoms with Crippen LogP contribution in [0.1, 0.15) is 18.9 Å². The molecule has 0 aromatic heterocycles. The zero-order valence-corrected chi connectivity index (χ0v) is 10.1. The summed E-state index contributed by atoms with van der Waals surface area (Å²) < 4.78 is 10.5. The molecule has 3 heteroatoms. The van der Waals surface area contributed by atoms with Crippen molar-refractivity contribution in [2.75, 3.05) is 14.2 Å². The highest BCUT2D eigenvalue weighted by molar-refractivity contribution is 5.38. The normalized spacial score (nSPS) is 22.9. The van der Waals surface area contributed by atoms with Crippen molar-refractivity contribution >= 4 is 0 Å². The number of nitrogens with one attached hydrogen (secondary N) is 1. The number of hydrogen-bond donors (Lipinski definition) is 1. The Labute approximate surface area is 96.8 Å². The highest BCUT2D eigenvalue weighted by atomic mass is 16.5. The molecule has 2 unspecified atom stereocenters. The summed E-state index contributed by atoms with van der Waals surface area (Å²) in [7, 11) is 3.35. The number of methoxy groups -OCH3 is 2. The van der Waals surface area contributed by atoms with Gasteiger partial charge in [-0.3, -0.25) is 0 Å². The van der Waals surface area contributed by atoms with Crippen molar-refractivity contribution in [3.63, 3.8) is 0 Å². The van der Waals surface area contributed by atoms with Gasteiger partial charge in [-0.2, -0.15) is 0 Å². The van der Waals surface area contributed by atoms with Crippen LogP contribution in [0.5, 0.6) is 11.5 Å². The third-order valence-corrected chi connectivity index (χ3v) is 3.09. The monoisotopic (exact) mass is 221 g/mol. The van der Waals surface area contributed by atoms with Crippen LogP contribution in [0.15, 0.2) is 18.2 Å². The Morgan fingerprint density at radius 2 is 1.75 bits per heavy atom. The van der Waals surface area contributed by atoms with Crippen molar-refractivity contribution in [3.8, 4) is 11.5 Å². The van der Waals surface area contributed by atoms with Crippen LogP contribution in [0.3, 0.4) is 0 Å². The number of hydrogen-bond acceptors (Lipinski definition) is 3. The van der Waals surface area contributed by atoms with Gasteiger partial charge in [-0.15, -0.1) is 0 Å². The largest absolute Gasteiger partial charge is 0.497 e. The molecule has 1 aliphatic rings. The molecular weight excluding hydrogens is 202 g/mol. The molecular formula is C13H19NO2. The average molecular weight is 221 g/mol. The van der Waals surface area contributed by atoms with Crippen LogP contribution in [-0.2, 0) is 6.54 Å². The summed E-state index contributed by atoms with van der Waals surface area (Å²) in [6.45, 7) is 3.15. The maximum atomic E-state index is 5.23. The van der Waals surface area contributed by atoms with Crippen LogP contribution in [0, 0.1) is 5.92 Å². The van der Waals surface area contributed by atoms with Gasteiger partial charge in [0.15, 0.2) is 0 Å². The van der Waals surface area contributed by atoms with Gasteiger partial charge in [0.25, 0.3) is 0 Å². The van der Waals surface area contributed by atoms with Crippen LogP contribution >= 0.6 is 0 Å². The Bertz CT molecular complexity index is 343. The van der Waals surface area contributed by atoms with Gasteiger partial charge in [-0.05, 0) is 30.0 Å². The van der Waals surface area contributed by atoms with Crippen LogP contribution in [0.25, 0.3) is 0 Å². The fourth-order valence-corrected chi connectivity index (χ4v) is 1.82. The van der Waals surface area contributed by atoms with Crippen molar-refractivity contribution in [1.82, 2.24) is 5.32 Å². The maximum Gasteiger partial charge on any atom is 0.122 e. The van der Waals surface area contributed by atoms with E-state index in [0.717, 1.165) is 24.0 Å². The van der Waals surface area contributed by atoms with Crippen LogP contribution in [-0.4, -0.2) is 20.3 Å². The van der Waals surface area contributed by atoms with Crippen LogP contribution < -0.4 is 14.8 Å². The minimum absolute atomic E-state index is 0.692. The number of benzene rings is 1. The fraction of sp³-hybridized carbons (Fsp3) is 0.538. The summed E-state index contributed by atoms with van der Waals surface area (Å²) in [5.74, 6) is 2.52. The van der Waals surface area contributed by atoms with Crippen molar-refractivity contribution < 1.29 is 9.47 Å². The third-order valence-electron chi connectivity index (χ3n) is 3.09. The summed E-state index contributed by atoms with van der Waals surface area (Å²) in [5, 5.41) is 3.51. The average Bonchev–Trinajstić information content (AvgIpc) is 3.02. The molecule has 1 fully saturated rings. The van der Waals surface area contributed by atoms with Gasteiger partial charge >= 0.3 is 0 Å². The van der Waals surface area contributed by atoms with Crippen molar-refractivity contribution in [1.29, 1.82) is 0 Å². The SMILES string of the molecule is COc1cc(CNC2CC2C)cc(OC)c1. The van der Waals surface area contributed by atoms with Crippen molar-refractivity contribution in [2.24, 2.45) is 5.92 Å². The quantitative estimate of drug-likeness (QED) is 0.827. The molecule has 88 valence electrons. The van der Waals surface area contributed by atoms with E-state index < -0.39 is 0 Å². The molecule has 0 heterocycles. The van der Waals surface area contributed by atoms with E-state index in [2.05, 4.69) is 12.2 Å². The standard InChI is InChI=1S/C13H19NO2/c1-9-4-13(9)14-8-10-5-11(15-2)7-12(6-10)16-3/h5-7,9,13-14H,4,8H2,1-3H3. The molecule has 1 saturated carbocycles. The summed E-state index contributed by atoms with van der Waals surface area (Å²) >= 11 is 0. The predicted octanol–water partition coefficient (Wildman–Crippen LogP) is 2.20. The Hall–Kier alpha value is -1.22. The minimum Gasteiger partial charge on any atom is -0.497 e. The molecule has 0 saturated heterocycles. The molecule has 0 radical (unpaired) electrons. The van der Waals surface area contributed by atoms with E-state index >= 15 is 0 Å². The molecule has 1 N–H and O–H groups in total. The minimum atomic E-state index is 0.692. The lowest BCUT2D eigenvalue weighted by Crippen LogP contribution is -2.17. The topological polar surface area (TPSA) is 30.5 Å². The second kappa shape index (κ2) is 4.74. The van der Waals surface area contributed by atoms with Gasteiger partial charge in [0.05, 0.1) is 14.2 Å². The summed E-state index contributed by atoms with van der Waals surface area (Å²) in [5.41, 5.74) is 1.20. The molecule has 1 aromatic carbocycles. The molecule has 0 spiro atoms. The van der Waals surface area contributed by atoms with E-state index in [1.54, 1.807) is 14.2 Å². The van der Waals surface area contributed by atoms with Crippen molar-refractivity contribution in [3.05, 3.63) is 23.8 Å². The fourth-order valence-electron chi connectivity index (χ4n) is 1.82. The molecule has 1 aromatic rings. The molecule has 1 aliphatic carbocycles. The molecule has 16 heavy (non-hydrogen) atoms. The Morgan fingerprint density at radius 1 is 1.19 bits per heavy atom. The van der Waals surface area contributed by atoms with Crippen LogP contribution in [0.4, 0.5) is 0 Å². The van der Waals surface area contributed by atoms with Gasteiger partial charge in [0.2, 0.25) is 0 Å². The van der Waals surface area contributed by atoms with E-state index in [1.165, 1.54) is 12.0 Å². The van der Waals surface area contributed by atoms with Gasteiger partial charge in [0.1, 0.15) is 11.5 Å². The first-order valence-electron chi connectivity index (χ1n) is 5.68. The first kappa shape index (κ1) is 11.3. The van der Waals surface area contributed by atoms with Crippen LogP contribution in [0.2, 0.25) is 0 Å². The lowest BCUT2D eigenvalue weighted by atomic mass is 10.2. The molecule has 3 nitrogen and oxygen atoms in total. The number of rotatable bonds is 5. The van der Waals surface area contributed by atoms with E-state index in [9.17, 15) is 0 Å². The molecule has 0 aliphatic heterocycles. The van der Waals surface area contributed by atoms with Gasteiger partial charge < -0.3 is 14.8 Å². The first-order valence-corrected chi connectivity index (χ1v) is 5.68. The zero-order chi connectivity index (χ0) is 11.5. The van der Waals surface area contributed by atoms with Gasteiger partial charge in [-0.25, -0.2) is 0 Å². The summed E-state index contributed by atoms with van der Waals surface area (Å²) in [4.78, 5) is 0. The van der Waals surface area contributed by atoms with Gasteiger partial charge in [-0.1, -0.05) is 6.92 Å². The second-order valence-corrected chi connectivity index (χ2v) is 4.42. The molecule has 2 rings (SSSR count). The predicted molar refractivity (Wildman–Crippen MR) is 64.0 cm³/mol. The van der Waals surface area contributed by atoms with E-state index in [1.807, 2.05) is 18.2 Å².